The first-order valence-electron chi connectivity index (χ1n) is 5.78. The van der Waals surface area contributed by atoms with Crippen LogP contribution in [-0.2, 0) is 4.74 Å². The van der Waals surface area contributed by atoms with Gasteiger partial charge in [-0.25, -0.2) is 0 Å². The summed E-state index contributed by atoms with van der Waals surface area (Å²) in [4.78, 5) is 2.24. The zero-order chi connectivity index (χ0) is 11.2. The normalized spacial score (nSPS) is 9.86. The molecular formula is C11H28N2O. The van der Waals surface area contributed by atoms with Crippen LogP contribution >= 0.6 is 0 Å². The third-order valence-corrected chi connectivity index (χ3v) is 1.83. The van der Waals surface area contributed by atoms with Crippen molar-refractivity contribution in [3.8, 4) is 0 Å². The number of nitrogens with zero attached hydrogens (tertiary/aromatic N) is 1. The maximum Gasteiger partial charge on any atom is 0.0593 e. The first-order chi connectivity index (χ1) is 6.81. The molecule has 0 amide bonds. The molecule has 0 aliphatic rings. The summed E-state index contributed by atoms with van der Waals surface area (Å²) in [5.74, 6) is 0. The van der Waals surface area contributed by atoms with Crippen LogP contribution < -0.4 is 5.32 Å². The van der Waals surface area contributed by atoms with Crippen LogP contribution in [0.4, 0.5) is 0 Å². The second-order valence-corrected chi connectivity index (χ2v) is 2.86. The van der Waals surface area contributed by atoms with E-state index in [1.54, 1.807) is 0 Å². The molecule has 0 unspecified atom stereocenters. The number of ether oxygens (including phenoxy) is 1. The lowest BCUT2D eigenvalue weighted by Gasteiger charge is -2.13. The molecule has 0 aromatic carbocycles. The summed E-state index contributed by atoms with van der Waals surface area (Å²) in [7, 11) is 2.10. The summed E-state index contributed by atoms with van der Waals surface area (Å²) in [6.45, 7) is 14.0. The Hall–Kier alpha value is -0.120. The van der Waals surface area contributed by atoms with Crippen molar-refractivity contribution in [3.05, 3.63) is 0 Å². The standard InChI is InChI=1S/C9H22N2O.C2H6/c1-4-10-6-8-12-9-7-11(3)5-2;1-2/h10H,4-9H2,1-3H3;1-2H3. The van der Waals surface area contributed by atoms with Crippen LogP contribution in [0.15, 0.2) is 0 Å². The smallest absolute Gasteiger partial charge is 0.0593 e. The lowest BCUT2D eigenvalue weighted by Crippen LogP contribution is -2.25. The minimum atomic E-state index is 0.825. The zero-order valence-corrected chi connectivity index (χ0v) is 10.6. The molecule has 3 nitrogen and oxygen atoms in total. The Morgan fingerprint density at radius 3 is 2.29 bits per heavy atom. The Balaban J connectivity index is 0. The highest BCUT2D eigenvalue weighted by atomic mass is 16.5. The van der Waals surface area contributed by atoms with Crippen LogP contribution in [0.1, 0.15) is 27.7 Å². The molecule has 0 radical (unpaired) electrons. The molecule has 0 atom stereocenters. The molecule has 14 heavy (non-hydrogen) atoms. The number of hydrogen-bond acceptors (Lipinski definition) is 3. The van der Waals surface area contributed by atoms with E-state index in [-0.39, 0.29) is 0 Å². The summed E-state index contributed by atoms with van der Waals surface area (Å²) < 4.78 is 5.40. The number of likely N-dealkylation sites (N-methyl/N-ethyl adjacent to an activating group) is 2. The quantitative estimate of drug-likeness (QED) is 0.608. The van der Waals surface area contributed by atoms with Gasteiger partial charge < -0.3 is 15.0 Å². The second kappa shape index (κ2) is 15.4. The molecule has 0 rings (SSSR count). The third kappa shape index (κ3) is 14.4. The Morgan fingerprint density at radius 2 is 1.79 bits per heavy atom. The van der Waals surface area contributed by atoms with Gasteiger partial charge >= 0.3 is 0 Å². The van der Waals surface area contributed by atoms with Gasteiger partial charge in [-0.2, -0.15) is 0 Å². The predicted octanol–water partition coefficient (Wildman–Crippen LogP) is 1.59. The number of hydrogen-bond donors (Lipinski definition) is 1. The summed E-state index contributed by atoms with van der Waals surface area (Å²) in [6, 6.07) is 0. The molecular weight excluding hydrogens is 176 g/mol. The summed E-state index contributed by atoms with van der Waals surface area (Å²) in [6.07, 6.45) is 0. The van der Waals surface area contributed by atoms with E-state index in [1.807, 2.05) is 13.8 Å². The topological polar surface area (TPSA) is 24.5 Å². The molecule has 3 heteroatoms. The van der Waals surface area contributed by atoms with Crippen molar-refractivity contribution in [3.63, 3.8) is 0 Å². The van der Waals surface area contributed by atoms with Crippen LogP contribution in [0, 0.1) is 0 Å². The van der Waals surface area contributed by atoms with Crippen molar-refractivity contribution in [2.75, 3.05) is 46.4 Å². The average molecular weight is 204 g/mol. The average Bonchev–Trinajstić information content (AvgIpc) is 2.25. The van der Waals surface area contributed by atoms with Gasteiger partial charge in [0, 0.05) is 13.1 Å². The van der Waals surface area contributed by atoms with E-state index in [2.05, 4.69) is 31.1 Å². The highest BCUT2D eigenvalue weighted by Gasteiger charge is 1.92. The van der Waals surface area contributed by atoms with Crippen LogP contribution in [0.25, 0.3) is 0 Å². The van der Waals surface area contributed by atoms with Gasteiger partial charge in [0.05, 0.1) is 13.2 Å². The van der Waals surface area contributed by atoms with Crippen molar-refractivity contribution in [1.82, 2.24) is 10.2 Å². The van der Waals surface area contributed by atoms with Crippen molar-refractivity contribution in [1.29, 1.82) is 0 Å². The Morgan fingerprint density at radius 1 is 1.14 bits per heavy atom. The Kier molecular flexibility index (Phi) is 17.9. The Bertz CT molecular complexity index is 89.4. The summed E-state index contributed by atoms with van der Waals surface area (Å²) in [5, 5.41) is 3.21. The van der Waals surface area contributed by atoms with E-state index in [0.717, 1.165) is 39.4 Å². The summed E-state index contributed by atoms with van der Waals surface area (Å²) >= 11 is 0. The highest BCUT2D eigenvalue weighted by molar-refractivity contribution is 4.46. The van der Waals surface area contributed by atoms with Gasteiger partial charge in [-0.05, 0) is 20.1 Å². The fraction of sp³-hybridized carbons (Fsp3) is 1.00. The molecule has 0 saturated carbocycles. The first kappa shape index (κ1) is 16.3. The van der Waals surface area contributed by atoms with Crippen LogP contribution in [0.3, 0.4) is 0 Å². The lowest BCUT2D eigenvalue weighted by molar-refractivity contribution is 0.115. The third-order valence-electron chi connectivity index (χ3n) is 1.83. The number of nitrogens with one attached hydrogen (secondary N) is 1. The van der Waals surface area contributed by atoms with Crippen molar-refractivity contribution >= 4 is 0 Å². The molecule has 0 saturated heterocycles. The molecule has 0 spiro atoms. The molecule has 0 aliphatic carbocycles. The Labute approximate surface area is 89.8 Å². The monoisotopic (exact) mass is 204 g/mol. The van der Waals surface area contributed by atoms with Gasteiger partial charge in [0.2, 0.25) is 0 Å². The van der Waals surface area contributed by atoms with Gasteiger partial charge in [0.1, 0.15) is 0 Å². The molecule has 0 heterocycles. The van der Waals surface area contributed by atoms with Gasteiger partial charge in [0.25, 0.3) is 0 Å². The first-order valence-corrected chi connectivity index (χ1v) is 5.78. The minimum absolute atomic E-state index is 0.825. The van der Waals surface area contributed by atoms with Crippen LogP contribution in [0.5, 0.6) is 0 Å². The fourth-order valence-corrected chi connectivity index (χ4v) is 0.802. The maximum absolute atomic E-state index is 5.40. The van der Waals surface area contributed by atoms with E-state index < -0.39 is 0 Å². The van der Waals surface area contributed by atoms with Crippen LogP contribution in [-0.4, -0.2) is 51.3 Å². The summed E-state index contributed by atoms with van der Waals surface area (Å²) in [5.41, 5.74) is 0. The van der Waals surface area contributed by atoms with Crippen LogP contribution in [0.2, 0.25) is 0 Å². The zero-order valence-electron chi connectivity index (χ0n) is 10.6. The van der Waals surface area contributed by atoms with Crippen molar-refractivity contribution in [2.45, 2.75) is 27.7 Å². The number of rotatable bonds is 8. The largest absolute Gasteiger partial charge is 0.379 e. The van der Waals surface area contributed by atoms with Gasteiger partial charge in [0.15, 0.2) is 0 Å². The van der Waals surface area contributed by atoms with Gasteiger partial charge in [-0.1, -0.05) is 27.7 Å². The second-order valence-electron chi connectivity index (χ2n) is 2.86. The van der Waals surface area contributed by atoms with E-state index >= 15 is 0 Å². The highest BCUT2D eigenvalue weighted by Crippen LogP contribution is 1.81. The molecule has 1 N–H and O–H groups in total. The molecule has 88 valence electrons. The van der Waals surface area contributed by atoms with Crippen molar-refractivity contribution < 1.29 is 4.74 Å². The predicted molar refractivity (Wildman–Crippen MR) is 63.9 cm³/mol. The van der Waals surface area contributed by atoms with E-state index in [0.29, 0.717) is 0 Å². The molecule has 0 bridgehead atoms. The maximum atomic E-state index is 5.40. The van der Waals surface area contributed by atoms with Gasteiger partial charge in [-0.15, -0.1) is 0 Å². The molecule has 0 fully saturated rings. The lowest BCUT2D eigenvalue weighted by atomic mass is 10.5. The van der Waals surface area contributed by atoms with E-state index in [9.17, 15) is 0 Å². The van der Waals surface area contributed by atoms with E-state index in [1.165, 1.54) is 0 Å². The minimum Gasteiger partial charge on any atom is -0.379 e. The molecule has 0 aromatic heterocycles. The van der Waals surface area contributed by atoms with Crippen molar-refractivity contribution in [2.24, 2.45) is 0 Å². The SMILES string of the molecule is CC.CCNCCOCCN(C)CC. The van der Waals surface area contributed by atoms with E-state index in [4.69, 9.17) is 4.74 Å². The molecule has 0 aliphatic heterocycles. The van der Waals surface area contributed by atoms with Gasteiger partial charge in [-0.3, -0.25) is 0 Å². The fourth-order valence-electron chi connectivity index (χ4n) is 0.802. The molecule has 0 aromatic rings.